The fourth-order valence-electron chi connectivity index (χ4n) is 1.30. The van der Waals surface area contributed by atoms with Crippen LogP contribution in [-0.4, -0.2) is 13.3 Å². The highest BCUT2D eigenvalue weighted by atomic mass is 19.1. The predicted octanol–water partition coefficient (Wildman–Crippen LogP) is 2.36. The van der Waals surface area contributed by atoms with Gasteiger partial charge in [-0.3, -0.25) is 0 Å². The third-order valence-corrected chi connectivity index (χ3v) is 1.99. The second-order valence-electron chi connectivity index (χ2n) is 3.37. The Kier molecular flexibility index (Phi) is 3.89. The van der Waals surface area contributed by atoms with Crippen molar-refractivity contribution in [2.24, 2.45) is 5.73 Å². The highest BCUT2D eigenvalue weighted by Gasteiger charge is 2.07. The van der Waals surface area contributed by atoms with Crippen LogP contribution in [0.25, 0.3) is 0 Å². The van der Waals surface area contributed by atoms with Gasteiger partial charge in [-0.05, 0) is 19.9 Å². The van der Waals surface area contributed by atoms with E-state index in [0.717, 1.165) is 11.1 Å². The monoisotopic (exact) mass is 197 g/mol. The van der Waals surface area contributed by atoms with Crippen LogP contribution >= 0.6 is 0 Å². The van der Waals surface area contributed by atoms with Crippen molar-refractivity contribution < 1.29 is 9.13 Å². The molecule has 0 aliphatic carbocycles. The number of rotatable bonds is 4. The van der Waals surface area contributed by atoms with Crippen LogP contribution in [0.1, 0.15) is 24.1 Å². The summed E-state index contributed by atoms with van der Waals surface area (Å²) in [5.41, 5.74) is 7.84. The Balaban J connectivity index is 2.90. The summed E-state index contributed by atoms with van der Waals surface area (Å²) in [5, 5.41) is 0. The molecule has 3 heteroatoms. The van der Waals surface area contributed by atoms with Gasteiger partial charge >= 0.3 is 0 Å². The molecule has 0 saturated carbocycles. The molecule has 2 N–H and O–H groups in total. The lowest BCUT2D eigenvalue weighted by atomic mass is 10.1. The van der Waals surface area contributed by atoms with Crippen molar-refractivity contribution in [1.29, 1.82) is 0 Å². The molecule has 0 saturated heterocycles. The Morgan fingerprint density at radius 2 is 2.21 bits per heavy atom. The Morgan fingerprint density at radius 3 is 2.79 bits per heavy atom. The quantitative estimate of drug-likeness (QED) is 0.804. The Labute approximate surface area is 83.9 Å². The molecular weight excluding hydrogens is 181 g/mol. The largest absolute Gasteiger partial charge is 0.491 e. The average molecular weight is 197 g/mol. The molecule has 0 bridgehead atoms. The molecule has 1 aromatic rings. The van der Waals surface area contributed by atoms with Crippen LogP contribution in [0.15, 0.2) is 18.2 Å². The highest BCUT2D eigenvalue weighted by Crippen LogP contribution is 2.24. The Bertz CT molecular complexity index is 299. The molecule has 1 aromatic carbocycles. The minimum Gasteiger partial charge on any atom is -0.491 e. The number of hydrogen-bond acceptors (Lipinski definition) is 2. The molecule has 0 amide bonds. The van der Waals surface area contributed by atoms with Crippen LogP contribution in [-0.2, 0) is 0 Å². The van der Waals surface area contributed by atoms with Crippen LogP contribution < -0.4 is 10.5 Å². The van der Waals surface area contributed by atoms with E-state index < -0.39 is 6.67 Å². The van der Waals surface area contributed by atoms with Gasteiger partial charge in [-0.1, -0.05) is 17.7 Å². The van der Waals surface area contributed by atoms with E-state index >= 15 is 0 Å². The lowest BCUT2D eigenvalue weighted by Crippen LogP contribution is -2.09. The standard InChI is InChI=1S/C11H16FNO/c1-8-3-4-11(14-6-5-12)10(7-8)9(2)13/h3-4,7,9H,5-6,13H2,1-2H3/t9-/m1/s1. The maximum absolute atomic E-state index is 11.9. The van der Waals surface area contributed by atoms with E-state index in [9.17, 15) is 4.39 Å². The van der Waals surface area contributed by atoms with Gasteiger partial charge in [0.25, 0.3) is 0 Å². The molecule has 2 nitrogen and oxygen atoms in total. The summed E-state index contributed by atoms with van der Waals surface area (Å²) in [6, 6.07) is 5.64. The summed E-state index contributed by atoms with van der Waals surface area (Å²) >= 11 is 0. The number of aryl methyl sites for hydroxylation is 1. The first-order valence-electron chi connectivity index (χ1n) is 4.70. The second kappa shape index (κ2) is 4.96. The first kappa shape index (κ1) is 11.0. The van der Waals surface area contributed by atoms with Crippen molar-refractivity contribution in [2.75, 3.05) is 13.3 Å². The fraction of sp³-hybridized carbons (Fsp3) is 0.455. The van der Waals surface area contributed by atoms with Gasteiger partial charge < -0.3 is 10.5 Å². The van der Waals surface area contributed by atoms with Crippen LogP contribution in [0.3, 0.4) is 0 Å². The van der Waals surface area contributed by atoms with Crippen molar-refractivity contribution in [3.05, 3.63) is 29.3 Å². The molecule has 78 valence electrons. The van der Waals surface area contributed by atoms with Gasteiger partial charge in [0.05, 0.1) is 0 Å². The topological polar surface area (TPSA) is 35.2 Å². The van der Waals surface area contributed by atoms with Gasteiger partial charge in [0.15, 0.2) is 0 Å². The van der Waals surface area contributed by atoms with E-state index in [0.29, 0.717) is 5.75 Å². The van der Waals surface area contributed by atoms with Crippen molar-refractivity contribution in [3.63, 3.8) is 0 Å². The predicted molar refractivity (Wildman–Crippen MR) is 55.3 cm³/mol. The highest BCUT2D eigenvalue weighted by molar-refractivity contribution is 5.38. The molecular formula is C11H16FNO. The van der Waals surface area contributed by atoms with Gasteiger partial charge in [0.1, 0.15) is 19.0 Å². The van der Waals surface area contributed by atoms with Crippen molar-refractivity contribution in [2.45, 2.75) is 19.9 Å². The van der Waals surface area contributed by atoms with Crippen LogP contribution in [0.2, 0.25) is 0 Å². The van der Waals surface area contributed by atoms with E-state index in [1.54, 1.807) is 0 Å². The fourth-order valence-corrected chi connectivity index (χ4v) is 1.30. The van der Waals surface area contributed by atoms with Gasteiger partial charge in [0, 0.05) is 11.6 Å². The molecule has 0 heterocycles. The molecule has 14 heavy (non-hydrogen) atoms. The summed E-state index contributed by atoms with van der Waals surface area (Å²) in [5.74, 6) is 0.684. The van der Waals surface area contributed by atoms with Gasteiger partial charge in [-0.25, -0.2) is 4.39 Å². The minimum atomic E-state index is -0.480. The number of alkyl halides is 1. The Morgan fingerprint density at radius 1 is 1.50 bits per heavy atom. The molecule has 0 fully saturated rings. The maximum Gasteiger partial charge on any atom is 0.124 e. The average Bonchev–Trinajstić information content (AvgIpc) is 2.15. The third kappa shape index (κ3) is 2.70. The first-order chi connectivity index (χ1) is 6.65. The summed E-state index contributed by atoms with van der Waals surface area (Å²) in [6.45, 7) is 3.48. The minimum absolute atomic E-state index is 0.0861. The summed E-state index contributed by atoms with van der Waals surface area (Å²) < 4.78 is 17.2. The molecule has 0 spiro atoms. The van der Waals surface area contributed by atoms with E-state index in [1.165, 1.54) is 0 Å². The maximum atomic E-state index is 11.9. The third-order valence-electron chi connectivity index (χ3n) is 1.99. The van der Waals surface area contributed by atoms with Crippen LogP contribution in [0.4, 0.5) is 4.39 Å². The molecule has 1 rings (SSSR count). The van der Waals surface area contributed by atoms with Crippen molar-refractivity contribution >= 4 is 0 Å². The summed E-state index contributed by atoms with van der Waals surface area (Å²) in [6.07, 6.45) is 0. The second-order valence-corrected chi connectivity index (χ2v) is 3.37. The first-order valence-corrected chi connectivity index (χ1v) is 4.70. The zero-order chi connectivity index (χ0) is 10.6. The molecule has 0 radical (unpaired) electrons. The molecule has 0 aliphatic heterocycles. The molecule has 0 unspecified atom stereocenters. The number of hydrogen-bond donors (Lipinski definition) is 1. The van der Waals surface area contributed by atoms with E-state index in [1.807, 2.05) is 32.0 Å². The lowest BCUT2D eigenvalue weighted by molar-refractivity contribution is 0.270. The van der Waals surface area contributed by atoms with Gasteiger partial charge in [-0.2, -0.15) is 0 Å². The van der Waals surface area contributed by atoms with Gasteiger partial charge in [-0.15, -0.1) is 0 Å². The van der Waals surface area contributed by atoms with Crippen LogP contribution in [0, 0.1) is 6.92 Å². The summed E-state index contributed by atoms with van der Waals surface area (Å²) in [4.78, 5) is 0. The SMILES string of the molecule is Cc1ccc(OCCF)c([C@@H](C)N)c1. The smallest absolute Gasteiger partial charge is 0.124 e. The summed E-state index contributed by atoms with van der Waals surface area (Å²) in [7, 11) is 0. The van der Waals surface area contributed by atoms with E-state index in [-0.39, 0.29) is 12.6 Å². The van der Waals surface area contributed by atoms with E-state index in [4.69, 9.17) is 10.5 Å². The van der Waals surface area contributed by atoms with E-state index in [2.05, 4.69) is 0 Å². The van der Waals surface area contributed by atoms with Crippen molar-refractivity contribution in [1.82, 2.24) is 0 Å². The number of nitrogens with two attached hydrogens (primary N) is 1. The number of halogens is 1. The number of benzene rings is 1. The van der Waals surface area contributed by atoms with Crippen LogP contribution in [0.5, 0.6) is 5.75 Å². The zero-order valence-electron chi connectivity index (χ0n) is 8.59. The van der Waals surface area contributed by atoms with Crippen molar-refractivity contribution in [3.8, 4) is 5.75 Å². The normalized spacial score (nSPS) is 12.6. The zero-order valence-corrected chi connectivity index (χ0v) is 8.59. The molecule has 1 atom stereocenters. The van der Waals surface area contributed by atoms with Gasteiger partial charge in [0.2, 0.25) is 0 Å². The lowest BCUT2D eigenvalue weighted by Gasteiger charge is -2.13. The molecule has 0 aliphatic rings. The Hall–Kier alpha value is -1.09. The molecule has 0 aromatic heterocycles. The number of ether oxygens (including phenoxy) is 1.